The molecule has 1 aromatic heterocycles. The summed E-state index contributed by atoms with van der Waals surface area (Å²) in [4.78, 5) is 22.3. The highest BCUT2D eigenvalue weighted by atomic mass is 16.5. The number of benzene rings is 1. The molecule has 1 atom stereocenters. The highest BCUT2D eigenvalue weighted by Gasteiger charge is 2.38. The normalized spacial score (nSPS) is 20.3. The summed E-state index contributed by atoms with van der Waals surface area (Å²) in [5.41, 5.74) is 1.18. The number of rotatable bonds is 5. The minimum absolute atomic E-state index is 0.0722. The van der Waals surface area contributed by atoms with E-state index in [2.05, 4.69) is 9.97 Å². The molecule has 1 aliphatic heterocycles. The van der Waals surface area contributed by atoms with Crippen LogP contribution in [-0.2, 0) is 4.74 Å². The van der Waals surface area contributed by atoms with Gasteiger partial charge in [-0.1, -0.05) is 17.7 Å². The monoisotopic (exact) mass is 341 g/mol. The molecule has 6 nitrogen and oxygen atoms in total. The van der Waals surface area contributed by atoms with E-state index in [4.69, 9.17) is 9.47 Å². The molecule has 1 aliphatic rings. The Labute approximate surface area is 147 Å². The highest BCUT2D eigenvalue weighted by Crippen LogP contribution is 2.27. The van der Waals surface area contributed by atoms with E-state index in [0.717, 1.165) is 18.6 Å². The maximum Gasteiger partial charge on any atom is 0.257 e. The molecule has 0 radical (unpaired) electrons. The molecular formula is C19H23N3O3. The van der Waals surface area contributed by atoms with Gasteiger partial charge in [0.25, 0.3) is 5.91 Å². The van der Waals surface area contributed by atoms with Crippen LogP contribution in [0.2, 0.25) is 0 Å². The number of methoxy groups -OCH3 is 1. The van der Waals surface area contributed by atoms with E-state index in [0.29, 0.717) is 25.3 Å². The zero-order valence-electron chi connectivity index (χ0n) is 14.6. The molecule has 0 saturated carbocycles. The SMILES string of the molecule is CO[C@]1(COc2ccc(C)cc2)CCCN(C(=O)c2cncnc2)C1. The standard InChI is InChI=1S/C19H23N3O3/c1-15-4-6-17(7-5-15)25-13-19(24-2)8-3-9-22(12-19)18(23)16-10-20-14-21-11-16/h4-7,10-11,14H,3,8-9,12-13H2,1-2H3/t19-/m1/s1. The number of amides is 1. The Balaban J connectivity index is 1.68. The molecular weight excluding hydrogens is 318 g/mol. The van der Waals surface area contributed by atoms with Crippen molar-refractivity contribution in [3.05, 3.63) is 54.1 Å². The van der Waals surface area contributed by atoms with Crippen LogP contribution in [0.25, 0.3) is 0 Å². The summed E-state index contributed by atoms with van der Waals surface area (Å²) < 4.78 is 11.7. The molecule has 0 bridgehead atoms. The lowest BCUT2D eigenvalue weighted by molar-refractivity contribution is -0.0825. The van der Waals surface area contributed by atoms with Gasteiger partial charge in [-0.3, -0.25) is 4.79 Å². The highest BCUT2D eigenvalue weighted by molar-refractivity contribution is 5.93. The Hall–Kier alpha value is -2.47. The van der Waals surface area contributed by atoms with Gasteiger partial charge in [-0.2, -0.15) is 0 Å². The average molecular weight is 341 g/mol. The number of carbonyl (C=O) groups excluding carboxylic acids is 1. The van der Waals surface area contributed by atoms with Gasteiger partial charge in [-0.15, -0.1) is 0 Å². The van der Waals surface area contributed by atoms with Gasteiger partial charge in [0.05, 0.1) is 12.1 Å². The molecule has 0 spiro atoms. The predicted molar refractivity (Wildman–Crippen MR) is 93.6 cm³/mol. The molecule has 2 aromatic rings. The lowest BCUT2D eigenvalue weighted by Gasteiger charge is -2.41. The van der Waals surface area contributed by atoms with E-state index in [-0.39, 0.29) is 5.91 Å². The number of hydrogen-bond acceptors (Lipinski definition) is 5. The second kappa shape index (κ2) is 7.61. The molecule has 2 heterocycles. The lowest BCUT2D eigenvalue weighted by Crippen LogP contribution is -2.54. The van der Waals surface area contributed by atoms with Crippen molar-refractivity contribution in [3.8, 4) is 5.75 Å². The zero-order valence-corrected chi connectivity index (χ0v) is 14.6. The first kappa shape index (κ1) is 17.4. The van der Waals surface area contributed by atoms with E-state index in [1.165, 1.54) is 11.9 Å². The smallest absolute Gasteiger partial charge is 0.257 e. The third-order valence-electron chi connectivity index (χ3n) is 4.59. The average Bonchev–Trinajstić information content (AvgIpc) is 2.68. The second-order valence-electron chi connectivity index (χ2n) is 6.45. The van der Waals surface area contributed by atoms with Crippen LogP contribution in [-0.4, -0.2) is 53.2 Å². The first-order chi connectivity index (χ1) is 12.1. The van der Waals surface area contributed by atoms with Gasteiger partial charge in [-0.25, -0.2) is 9.97 Å². The third kappa shape index (κ3) is 4.14. The van der Waals surface area contributed by atoms with Gasteiger partial charge < -0.3 is 14.4 Å². The minimum atomic E-state index is -0.506. The molecule has 1 saturated heterocycles. The number of ether oxygens (including phenoxy) is 2. The first-order valence-corrected chi connectivity index (χ1v) is 8.41. The summed E-state index contributed by atoms with van der Waals surface area (Å²) >= 11 is 0. The van der Waals surface area contributed by atoms with Gasteiger partial charge in [0.1, 0.15) is 24.3 Å². The number of likely N-dealkylation sites (tertiary alicyclic amines) is 1. The number of aromatic nitrogens is 2. The largest absolute Gasteiger partial charge is 0.491 e. The second-order valence-corrected chi connectivity index (χ2v) is 6.45. The molecule has 1 aromatic carbocycles. The summed E-state index contributed by atoms with van der Waals surface area (Å²) in [6, 6.07) is 7.93. The maximum absolute atomic E-state index is 12.7. The minimum Gasteiger partial charge on any atom is -0.491 e. The van der Waals surface area contributed by atoms with Crippen molar-refractivity contribution < 1.29 is 14.3 Å². The zero-order chi connectivity index (χ0) is 17.7. The van der Waals surface area contributed by atoms with Crippen molar-refractivity contribution in [1.29, 1.82) is 0 Å². The van der Waals surface area contributed by atoms with Crippen LogP contribution in [0.1, 0.15) is 28.8 Å². The van der Waals surface area contributed by atoms with E-state index >= 15 is 0 Å². The first-order valence-electron chi connectivity index (χ1n) is 8.41. The number of carbonyl (C=O) groups is 1. The van der Waals surface area contributed by atoms with E-state index < -0.39 is 5.60 Å². The molecule has 0 N–H and O–H groups in total. The van der Waals surface area contributed by atoms with Crippen molar-refractivity contribution in [2.75, 3.05) is 26.8 Å². The Morgan fingerprint density at radius 2 is 1.96 bits per heavy atom. The molecule has 3 rings (SSSR count). The van der Waals surface area contributed by atoms with Gasteiger partial charge in [-0.05, 0) is 31.9 Å². The molecule has 6 heteroatoms. The molecule has 1 fully saturated rings. The molecule has 0 aliphatic carbocycles. The number of nitrogens with zero attached hydrogens (tertiary/aromatic N) is 3. The van der Waals surface area contributed by atoms with Gasteiger partial charge in [0, 0.05) is 26.0 Å². The van der Waals surface area contributed by atoms with Crippen molar-refractivity contribution in [2.45, 2.75) is 25.4 Å². The van der Waals surface area contributed by atoms with E-state index in [1.807, 2.05) is 31.2 Å². The number of aryl methyl sites for hydroxylation is 1. The summed E-state index contributed by atoms with van der Waals surface area (Å²) in [6.45, 7) is 3.63. The maximum atomic E-state index is 12.7. The van der Waals surface area contributed by atoms with Crippen LogP contribution >= 0.6 is 0 Å². The molecule has 1 amide bonds. The Morgan fingerprint density at radius 1 is 1.24 bits per heavy atom. The van der Waals surface area contributed by atoms with Gasteiger partial charge >= 0.3 is 0 Å². The van der Waals surface area contributed by atoms with Crippen LogP contribution in [0.15, 0.2) is 43.0 Å². The van der Waals surface area contributed by atoms with Crippen molar-refractivity contribution in [1.82, 2.24) is 14.9 Å². The third-order valence-corrected chi connectivity index (χ3v) is 4.59. The fraction of sp³-hybridized carbons (Fsp3) is 0.421. The quantitative estimate of drug-likeness (QED) is 0.836. The van der Waals surface area contributed by atoms with E-state index in [1.54, 1.807) is 24.4 Å². The number of hydrogen-bond donors (Lipinski definition) is 0. The molecule has 25 heavy (non-hydrogen) atoms. The Morgan fingerprint density at radius 3 is 2.64 bits per heavy atom. The van der Waals surface area contributed by atoms with Crippen LogP contribution < -0.4 is 4.74 Å². The van der Waals surface area contributed by atoms with Gasteiger partial charge in [0.15, 0.2) is 0 Å². The summed E-state index contributed by atoms with van der Waals surface area (Å²) in [5, 5.41) is 0. The molecule has 0 unspecified atom stereocenters. The summed E-state index contributed by atoms with van der Waals surface area (Å²) in [7, 11) is 1.68. The van der Waals surface area contributed by atoms with Crippen molar-refractivity contribution in [3.63, 3.8) is 0 Å². The topological polar surface area (TPSA) is 64.6 Å². The van der Waals surface area contributed by atoms with Crippen LogP contribution in [0.4, 0.5) is 0 Å². The Kier molecular flexibility index (Phi) is 5.28. The molecule has 132 valence electrons. The van der Waals surface area contributed by atoms with Crippen LogP contribution in [0, 0.1) is 6.92 Å². The fourth-order valence-electron chi connectivity index (χ4n) is 3.06. The van der Waals surface area contributed by atoms with Crippen LogP contribution in [0.5, 0.6) is 5.75 Å². The van der Waals surface area contributed by atoms with E-state index in [9.17, 15) is 4.79 Å². The predicted octanol–water partition coefficient (Wildman–Crippen LogP) is 2.49. The summed E-state index contributed by atoms with van der Waals surface area (Å²) in [6.07, 6.45) is 6.22. The number of piperidine rings is 1. The van der Waals surface area contributed by atoms with Gasteiger partial charge in [0.2, 0.25) is 0 Å². The summed E-state index contributed by atoms with van der Waals surface area (Å²) in [5.74, 6) is 0.735. The Bertz CT molecular complexity index is 706. The van der Waals surface area contributed by atoms with Crippen molar-refractivity contribution in [2.24, 2.45) is 0 Å². The fourth-order valence-corrected chi connectivity index (χ4v) is 3.06. The van der Waals surface area contributed by atoms with Crippen LogP contribution in [0.3, 0.4) is 0 Å². The van der Waals surface area contributed by atoms with Crippen molar-refractivity contribution >= 4 is 5.91 Å². The lowest BCUT2D eigenvalue weighted by atomic mass is 9.93.